The van der Waals surface area contributed by atoms with Crippen LogP contribution in [0.25, 0.3) is 0 Å². The number of carbonyl (C=O) groups is 2. The monoisotopic (exact) mass is 266 g/mol. The molecule has 0 aromatic rings. The quantitative estimate of drug-likeness (QED) is 0.369. The summed E-state index contributed by atoms with van der Waals surface area (Å²) in [5, 5.41) is 10.2. The topological polar surface area (TPSA) is 63.6 Å². The molecule has 1 aliphatic heterocycles. The highest BCUT2D eigenvalue weighted by Crippen LogP contribution is 2.33. The number of aliphatic hydroxyl groups is 1. The number of aliphatic hydroxyl groups excluding tert-OH is 1. The van der Waals surface area contributed by atoms with E-state index >= 15 is 0 Å². The molecule has 1 saturated carbocycles. The standard InChI is InChI=1S/C15H22O4/c1-9(2)8-11-14(17)12(15(18)19-11)13(16)10-6-4-3-5-7-10/h9-11,16H,3-8H2,1-2H3/b13-12+. The lowest BCUT2D eigenvalue weighted by molar-refractivity contribution is -0.141. The van der Waals surface area contributed by atoms with Crippen molar-refractivity contribution in [1.29, 1.82) is 0 Å². The minimum Gasteiger partial charge on any atom is -0.511 e. The summed E-state index contributed by atoms with van der Waals surface area (Å²) in [6.07, 6.45) is 4.77. The van der Waals surface area contributed by atoms with E-state index in [1.165, 1.54) is 0 Å². The number of allylic oxidation sites excluding steroid dienone is 1. The lowest BCUT2D eigenvalue weighted by Gasteiger charge is -2.21. The number of esters is 1. The Balaban J connectivity index is 2.18. The molecule has 106 valence electrons. The summed E-state index contributed by atoms with van der Waals surface area (Å²) < 4.78 is 5.10. The van der Waals surface area contributed by atoms with Crippen LogP contribution in [0.5, 0.6) is 0 Å². The Bertz CT molecular complexity index is 402. The Morgan fingerprint density at radius 1 is 1.26 bits per heavy atom. The van der Waals surface area contributed by atoms with Crippen molar-refractivity contribution in [1.82, 2.24) is 0 Å². The molecule has 4 heteroatoms. The summed E-state index contributed by atoms with van der Waals surface area (Å²) in [5.41, 5.74) is -0.0856. The average molecular weight is 266 g/mol. The summed E-state index contributed by atoms with van der Waals surface area (Å²) in [6.45, 7) is 3.95. The predicted octanol–water partition coefficient (Wildman–Crippen LogP) is 2.92. The molecule has 1 unspecified atom stereocenters. The van der Waals surface area contributed by atoms with E-state index in [0.29, 0.717) is 6.42 Å². The van der Waals surface area contributed by atoms with Crippen molar-refractivity contribution >= 4 is 11.8 Å². The second kappa shape index (κ2) is 5.76. The van der Waals surface area contributed by atoms with E-state index in [1.807, 2.05) is 13.8 Å². The number of ether oxygens (including phenoxy) is 1. The van der Waals surface area contributed by atoms with Gasteiger partial charge in [-0.2, -0.15) is 0 Å². The van der Waals surface area contributed by atoms with E-state index in [4.69, 9.17) is 4.74 Å². The Kier molecular flexibility index (Phi) is 4.27. The lowest BCUT2D eigenvalue weighted by atomic mass is 9.85. The van der Waals surface area contributed by atoms with Crippen molar-refractivity contribution in [2.75, 3.05) is 0 Å². The Labute approximate surface area is 113 Å². The van der Waals surface area contributed by atoms with E-state index in [-0.39, 0.29) is 29.0 Å². The first-order chi connectivity index (χ1) is 9.00. The number of hydrogen-bond donors (Lipinski definition) is 1. The van der Waals surface area contributed by atoms with Crippen LogP contribution in [0.3, 0.4) is 0 Å². The first-order valence-corrected chi connectivity index (χ1v) is 7.19. The molecular formula is C15H22O4. The molecule has 2 aliphatic rings. The van der Waals surface area contributed by atoms with Gasteiger partial charge in [0.1, 0.15) is 11.3 Å². The second-order valence-corrected chi connectivity index (χ2v) is 5.98. The van der Waals surface area contributed by atoms with Crippen molar-refractivity contribution in [3.63, 3.8) is 0 Å². The van der Waals surface area contributed by atoms with Crippen molar-refractivity contribution < 1.29 is 19.4 Å². The van der Waals surface area contributed by atoms with Gasteiger partial charge in [-0.15, -0.1) is 0 Å². The lowest BCUT2D eigenvalue weighted by Crippen LogP contribution is -2.20. The molecule has 2 fully saturated rings. The zero-order chi connectivity index (χ0) is 14.0. The zero-order valence-corrected chi connectivity index (χ0v) is 11.6. The number of carbonyl (C=O) groups excluding carboxylic acids is 2. The van der Waals surface area contributed by atoms with Gasteiger partial charge in [0.15, 0.2) is 6.10 Å². The van der Waals surface area contributed by atoms with Crippen LogP contribution in [0, 0.1) is 11.8 Å². The van der Waals surface area contributed by atoms with E-state index in [1.54, 1.807) is 0 Å². The summed E-state index contributed by atoms with van der Waals surface area (Å²) in [4.78, 5) is 24.0. The van der Waals surface area contributed by atoms with Crippen LogP contribution >= 0.6 is 0 Å². The first kappa shape index (κ1) is 14.1. The number of Topliss-reactive ketones (excluding diaryl/α,β-unsaturated/α-hetero) is 1. The predicted molar refractivity (Wildman–Crippen MR) is 70.6 cm³/mol. The first-order valence-electron chi connectivity index (χ1n) is 7.19. The number of hydrogen-bond acceptors (Lipinski definition) is 4. The Morgan fingerprint density at radius 2 is 1.89 bits per heavy atom. The molecule has 1 saturated heterocycles. The largest absolute Gasteiger partial charge is 0.511 e. The molecule has 1 N–H and O–H groups in total. The highest BCUT2D eigenvalue weighted by atomic mass is 16.6. The molecule has 0 radical (unpaired) electrons. The molecule has 0 amide bonds. The molecule has 19 heavy (non-hydrogen) atoms. The fourth-order valence-electron chi connectivity index (χ4n) is 2.90. The van der Waals surface area contributed by atoms with Gasteiger partial charge in [-0.1, -0.05) is 33.1 Å². The molecule has 2 rings (SSSR count). The molecule has 0 aromatic carbocycles. The SMILES string of the molecule is CC(C)CC1OC(=O)/C(=C(/O)C2CCCCC2)C1=O. The average Bonchev–Trinajstić information content (AvgIpc) is 2.64. The van der Waals surface area contributed by atoms with Crippen LogP contribution in [0.2, 0.25) is 0 Å². The molecular weight excluding hydrogens is 244 g/mol. The third-order valence-corrected chi connectivity index (χ3v) is 3.93. The molecule has 0 spiro atoms. The number of ketones is 1. The summed E-state index contributed by atoms with van der Waals surface area (Å²) in [5.74, 6) is -0.766. The van der Waals surface area contributed by atoms with E-state index in [0.717, 1.165) is 32.1 Å². The summed E-state index contributed by atoms with van der Waals surface area (Å²) in [6, 6.07) is 0. The van der Waals surface area contributed by atoms with E-state index < -0.39 is 12.1 Å². The normalized spacial score (nSPS) is 27.8. The van der Waals surface area contributed by atoms with Gasteiger partial charge < -0.3 is 9.84 Å². The van der Waals surface area contributed by atoms with Gasteiger partial charge in [-0.3, -0.25) is 4.79 Å². The third-order valence-electron chi connectivity index (χ3n) is 3.93. The fraction of sp³-hybridized carbons (Fsp3) is 0.733. The van der Waals surface area contributed by atoms with E-state index in [9.17, 15) is 14.7 Å². The van der Waals surface area contributed by atoms with Crippen molar-refractivity contribution in [3.8, 4) is 0 Å². The van der Waals surface area contributed by atoms with Gasteiger partial charge in [0, 0.05) is 5.92 Å². The fourth-order valence-corrected chi connectivity index (χ4v) is 2.90. The van der Waals surface area contributed by atoms with Crippen LogP contribution in [0.15, 0.2) is 11.3 Å². The molecule has 1 heterocycles. The van der Waals surface area contributed by atoms with Crippen LogP contribution < -0.4 is 0 Å². The number of cyclic esters (lactones) is 1. The van der Waals surface area contributed by atoms with Gasteiger partial charge in [0.2, 0.25) is 5.78 Å². The molecule has 4 nitrogen and oxygen atoms in total. The van der Waals surface area contributed by atoms with Gasteiger partial charge in [-0.25, -0.2) is 4.79 Å². The van der Waals surface area contributed by atoms with Gasteiger partial charge >= 0.3 is 5.97 Å². The van der Waals surface area contributed by atoms with Gasteiger partial charge in [0.05, 0.1) is 0 Å². The van der Waals surface area contributed by atoms with Crippen molar-refractivity contribution in [2.24, 2.45) is 11.8 Å². The Morgan fingerprint density at radius 3 is 2.47 bits per heavy atom. The minimum absolute atomic E-state index is 0.0269. The van der Waals surface area contributed by atoms with Crippen LogP contribution in [0.1, 0.15) is 52.4 Å². The molecule has 0 aromatic heterocycles. The zero-order valence-electron chi connectivity index (χ0n) is 11.6. The number of rotatable bonds is 3. The highest BCUT2D eigenvalue weighted by molar-refractivity contribution is 6.23. The molecule has 1 aliphatic carbocycles. The maximum atomic E-state index is 12.2. The smallest absolute Gasteiger partial charge is 0.346 e. The summed E-state index contributed by atoms with van der Waals surface area (Å²) in [7, 11) is 0. The molecule has 1 atom stereocenters. The van der Waals surface area contributed by atoms with Crippen LogP contribution in [0.4, 0.5) is 0 Å². The van der Waals surface area contributed by atoms with Crippen molar-refractivity contribution in [3.05, 3.63) is 11.3 Å². The van der Waals surface area contributed by atoms with Crippen molar-refractivity contribution in [2.45, 2.75) is 58.5 Å². The summed E-state index contributed by atoms with van der Waals surface area (Å²) >= 11 is 0. The molecule has 0 bridgehead atoms. The van der Waals surface area contributed by atoms with Gasteiger partial charge in [-0.05, 0) is 25.2 Å². The maximum Gasteiger partial charge on any atom is 0.346 e. The van der Waals surface area contributed by atoms with Crippen LogP contribution in [-0.2, 0) is 14.3 Å². The third kappa shape index (κ3) is 2.99. The van der Waals surface area contributed by atoms with Gasteiger partial charge in [0.25, 0.3) is 0 Å². The highest BCUT2D eigenvalue weighted by Gasteiger charge is 2.42. The van der Waals surface area contributed by atoms with Crippen LogP contribution in [-0.4, -0.2) is 23.0 Å². The van der Waals surface area contributed by atoms with E-state index in [2.05, 4.69) is 0 Å². The second-order valence-electron chi connectivity index (χ2n) is 5.98. The minimum atomic E-state index is -0.701. The Hall–Kier alpha value is -1.32. The maximum absolute atomic E-state index is 12.2.